The van der Waals surface area contributed by atoms with Gasteiger partial charge in [-0.3, -0.25) is 19.7 Å². The van der Waals surface area contributed by atoms with Gasteiger partial charge in [0.15, 0.2) is 5.82 Å². The number of fused-ring (bicyclic) bond motifs is 1. The molecule has 1 aliphatic rings. The van der Waals surface area contributed by atoms with Crippen LogP contribution < -0.4 is 10.2 Å². The molecule has 0 spiro atoms. The molecule has 1 aliphatic heterocycles. The molecule has 6 nitrogen and oxygen atoms in total. The Morgan fingerprint density at radius 1 is 1.37 bits per heavy atom. The third kappa shape index (κ3) is 1.83. The van der Waals surface area contributed by atoms with Gasteiger partial charge >= 0.3 is 6.03 Å². The lowest BCUT2D eigenvalue weighted by molar-refractivity contribution is -0.120. The van der Waals surface area contributed by atoms with E-state index in [-0.39, 0.29) is 18.9 Å². The number of benzene rings is 1. The van der Waals surface area contributed by atoms with Crippen LogP contribution in [0.4, 0.5) is 15.0 Å². The van der Waals surface area contributed by atoms with E-state index in [1.807, 2.05) is 0 Å². The molecule has 19 heavy (non-hydrogen) atoms. The standard InChI is InChI=1S/C12H11FN4O2/c1-16-9-3-2-7(13)6-8(9)11(15-16)17-5-4-10(18)14-12(17)19/h2-3,6H,4-5H2,1H3,(H,14,18,19). The first kappa shape index (κ1) is 11.6. The first-order chi connectivity index (χ1) is 9.06. The van der Waals surface area contributed by atoms with Gasteiger partial charge in [0, 0.05) is 25.4 Å². The Morgan fingerprint density at radius 3 is 2.89 bits per heavy atom. The van der Waals surface area contributed by atoms with Crippen LogP contribution in [0, 0.1) is 5.82 Å². The minimum Gasteiger partial charge on any atom is -0.278 e. The molecule has 1 N–H and O–H groups in total. The van der Waals surface area contributed by atoms with Crippen LogP contribution in [-0.2, 0) is 11.8 Å². The smallest absolute Gasteiger partial charge is 0.278 e. The van der Waals surface area contributed by atoms with Crippen LogP contribution in [0.5, 0.6) is 0 Å². The number of carbonyl (C=O) groups is 2. The molecule has 0 unspecified atom stereocenters. The molecule has 0 aliphatic carbocycles. The normalized spacial score (nSPS) is 16.0. The zero-order valence-corrected chi connectivity index (χ0v) is 10.2. The molecule has 1 saturated heterocycles. The van der Waals surface area contributed by atoms with Crippen molar-refractivity contribution >= 4 is 28.7 Å². The van der Waals surface area contributed by atoms with E-state index in [4.69, 9.17) is 0 Å². The lowest BCUT2D eigenvalue weighted by atomic mass is 10.2. The van der Waals surface area contributed by atoms with Crippen molar-refractivity contribution in [3.63, 3.8) is 0 Å². The Hall–Kier alpha value is -2.44. The van der Waals surface area contributed by atoms with Gasteiger partial charge in [0.05, 0.1) is 5.52 Å². The molecule has 0 saturated carbocycles. The van der Waals surface area contributed by atoms with Crippen LogP contribution in [0.2, 0.25) is 0 Å². The monoisotopic (exact) mass is 262 g/mol. The Labute approximate surface area is 107 Å². The van der Waals surface area contributed by atoms with Gasteiger partial charge < -0.3 is 0 Å². The van der Waals surface area contributed by atoms with Gasteiger partial charge in [-0.05, 0) is 18.2 Å². The number of imide groups is 1. The Kier molecular flexibility index (Phi) is 2.48. The predicted molar refractivity (Wildman–Crippen MR) is 66.2 cm³/mol. The summed E-state index contributed by atoms with van der Waals surface area (Å²) in [5.41, 5.74) is 0.723. The van der Waals surface area contributed by atoms with Crippen LogP contribution in [-0.4, -0.2) is 28.3 Å². The summed E-state index contributed by atoms with van der Waals surface area (Å²) >= 11 is 0. The molecule has 1 aromatic heterocycles. The minimum absolute atomic E-state index is 0.207. The van der Waals surface area contributed by atoms with E-state index in [0.29, 0.717) is 11.2 Å². The van der Waals surface area contributed by atoms with Crippen molar-refractivity contribution in [2.45, 2.75) is 6.42 Å². The molecule has 1 fully saturated rings. The lowest BCUT2D eigenvalue weighted by Crippen LogP contribution is -2.49. The highest BCUT2D eigenvalue weighted by molar-refractivity contribution is 6.08. The van der Waals surface area contributed by atoms with E-state index in [0.717, 1.165) is 5.52 Å². The number of aryl methyl sites for hydroxylation is 1. The van der Waals surface area contributed by atoms with E-state index in [2.05, 4.69) is 10.4 Å². The molecule has 98 valence electrons. The van der Waals surface area contributed by atoms with E-state index >= 15 is 0 Å². The van der Waals surface area contributed by atoms with Gasteiger partial charge in [0.2, 0.25) is 5.91 Å². The first-order valence-corrected chi connectivity index (χ1v) is 5.80. The number of urea groups is 1. The number of aromatic nitrogens is 2. The molecule has 3 rings (SSSR count). The second-order valence-electron chi connectivity index (χ2n) is 4.36. The highest BCUT2D eigenvalue weighted by Crippen LogP contribution is 2.27. The fourth-order valence-electron chi connectivity index (χ4n) is 2.18. The molecule has 0 atom stereocenters. The molecular formula is C12H11FN4O2. The van der Waals surface area contributed by atoms with Gasteiger partial charge in [-0.1, -0.05) is 0 Å². The van der Waals surface area contributed by atoms with E-state index in [1.54, 1.807) is 17.8 Å². The molecule has 2 aromatic rings. The SMILES string of the molecule is Cn1nc(N2CCC(=O)NC2=O)c2cc(F)ccc21. The number of nitrogens with zero attached hydrogens (tertiary/aromatic N) is 3. The number of hydrogen-bond donors (Lipinski definition) is 1. The number of carbonyl (C=O) groups excluding carboxylic acids is 2. The van der Waals surface area contributed by atoms with Crippen molar-refractivity contribution in [3.8, 4) is 0 Å². The fourth-order valence-corrected chi connectivity index (χ4v) is 2.18. The minimum atomic E-state index is -0.527. The van der Waals surface area contributed by atoms with Gasteiger partial charge in [0.25, 0.3) is 0 Å². The summed E-state index contributed by atoms with van der Waals surface area (Å²) in [6.45, 7) is 0.243. The van der Waals surface area contributed by atoms with E-state index in [1.165, 1.54) is 17.0 Å². The molecule has 0 radical (unpaired) electrons. The highest BCUT2D eigenvalue weighted by atomic mass is 19.1. The average molecular weight is 262 g/mol. The number of halogens is 1. The molecule has 0 bridgehead atoms. The summed E-state index contributed by atoms with van der Waals surface area (Å²) in [6.07, 6.45) is 0.207. The third-order valence-corrected chi connectivity index (χ3v) is 3.10. The molecule has 1 aromatic carbocycles. The Bertz CT molecular complexity index is 694. The zero-order chi connectivity index (χ0) is 13.6. The summed E-state index contributed by atoms with van der Waals surface area (Å²) in [5.74, 6) is -0.343. The van der Waals surface area contributed by atoms with Crippen molar-refractivity contribution in [1.82, 2.24) is 15.1 Å². The second-order valence-corrected chi connectivity index (χ2v) is 4.36. The van der Waals surface area contributed by atoms with Gasteiger partial charge in [0.1, 0.15) is 5.82 Å². The molecule has 3 amide bonds. The number of rotatable bonds is 1. The van der Waals surface area contributed by atoms with Crippen LogP contribution >= 0.6 is 0 Å². The summed E-state index contributed by atoms with van der Waals surface area (Å²) in [4.78, 5) is 24.3. The Balaban J connectivity index is 2.12. The highest BCUT2D eigenvalue weighted by Gasteiger charge is 2.27. The van der Waals surface area contributed by atoms with Crippen molar-refractivity contribution in [2.24, 2.45) is 7.05 Å². The zero-order valence-electron chi connectivity index (χ0n) is 10.2. The number of anilines is 1. The fraction of sp³-hybridized carbons (Fsp3) is 0.250. The van der Waals surface area contributed by atoms with Crippen molar-refractivity contribution < 1.29 is 14.0 Å². The van der Waals surface area contributed by atoms with Gasteiger partial charge in [-0.2, -0.15) is 5.10 Å². The lowest BCUT2D eigenvalue weighted by Gasteiger charge is -2.24. The summed E-state index contributed by atoms with van der Waals surface area (Å²) in [6, 6.07) is 3.75. The molecular weight excluding hydrogens is 251 g/mol. The number of amides is 3. The van der Waals surface area contributed by atoms with Crippen LogP contribution in [0.25, 0.3) is 10.9 Å². The molecule has 7 heteroatoms. The quantitative estimate of drug-likeness (QED) is 0.838. The van der Waals surface area contributed by atoms with Crippen molar-refractivity contribution in [1.29, 1.82) is 0 Å². The summed E-state index contributed by atoms with van der Waals surface area (Å²) in [5, 5.41) is 7.00. The summed E-state index contributed by atoms with van der Waals surface area (Å²) in [7, 11) is 1.72. The maximum Gasteiger partial charge on any atom is 0.329 e. The second kappa shape index (κ2) is 4.04. The van der Waals surface area contributed by atoms with E-state index in [9.17, 15) is 14.0 Å². The van der Waals surface area contributed by atoms with Gasteiger partial charge in [-0.15, -0.1) is 0 Å². The first-order valence-electron chi connectivity index (χ1n) is 5.80. The van der Waals surface area contributed by atoms with Crippen molar-refractivity contribution in [3.05, 3.63) is 24.0 Å². The van der Waals surface area contributed by atoms with Crippen molar-refractivity contribution in [2.75, 3.05) is 11.4 Å². The maximum absolute atomic E-state index is 13.3. The number of hydrogen-bond acceptors (Lipinski definition) is 3. The molecule has 2 heterocycles. The van der Waals surface area contributed by atoms with Crippen LogP contribution in [0.1, 0.15) is 6.42 Å². The van der Waals surface area contributed by atoms with Crippen LogP contribution in [0.3, 0.4) is 0 Å². The maximum atomic E-state index is 13.3. The van der Waals surface area contributed by atoms with Crippen LogP contribution in [0.15, 0.2) is 18.2 Å². The number of nitrogens with one attached hydrogen (secondary N) is 1. The summed E-state index contributed by atoms with van der Waals surface area (Å²) < 4.78 is 14.9. The Morgan fingerprint density at radius 2 is 2.16 bits per heavy atom. The van der Waals surface area contributed by atoms with Gasteiger partial charge in [-0.25, -0.2) is 9.18 Å². The third-order valence-electron chi connectivity index (χ3n) is 3.10. The average Bonchev–Trinajstić information content (AvgIpc) is 2.66. The topological polar surface area (TPSA) is 67.2 Å². The van der Waals surface area contributed by atoms with E-state index < -0.39 is 11.8 Å². The predicted octanol–water partition coefficient (Wildman–Crippen LogP) is 1.16. The largest absolute Gasteiger partial charge is 0.329 e.